The quantitative estimate of drug-likeness (QED) is 0.302. The molecule has 0 aliphatic carbocycles. The fraction of sp³-hybridized carbons (Fsp3) is 0.276. The Morgan fingerprint density at radius 2 is 1.69 bits per heavy atom. The minimum absolute atomic E-state index is 0.00245. The molecule has 0 unspecified atom stereocenters. The molecule has 0 spiro atoms. The first kappa shape index (κ1) is 31.1. The van der Waals surface area contributed by atoms with Crippen LogP contribution in [0.25, 0.3) is 0 Å². The van der Waals surface area contributed by atoms with Crippen molar-refractivity contribution in [3.63, 3.8) is 0 Å². The topological polar surface area (TPSA) is 127 Å². The normalized spacial score (nSPS) is 15.0. The van der Waals surface area contributed by atoms with Gasteiger partial charge < -0.3 is 20.1 Å². The molecule has 0 radical (unpaired) electrons. The molecule has 1 aromatic heterocycles. The molecule has 0 bridgehead atoms. The molecular formula is C29H28Cl2N4O6S. The van der Waals surface area contributed by atoms with Gasteiger partial charge in [0.2, 0.25) is 5.91 Å². The van der Waals surface area contributed by atoms with Gasteiger partial charge in [-0.1, -0.05) is 41.4 Å². The second kappa shape index (κ2) is 14.9. The number of thioether (sulfide) groups is 1. The number of anilines is 1. The lowest BCUT2D eigenvalue weighted by Gasteiger charge is -2.25. The van der Waals surface area contributed by atoms with Crippen LogP contribution in [0.15, 0.2) is 67.0 Å². The molecule has 4 rings (SSSR count). The Kier molecular flexibility index (Phi) is 11.0. The number of esters is 1. The van der Waals surface area contributed by atoms with Gasteiger partial charge in [-0.3, -0.25) is 19.5 Å². The van der Waals surface area contributed by atoms with E-state index in [9.17, 15) is 19.2 Å². The van der Waals surface area contributed by atoms with E-state index in [1.807, 2.05) is 0 Å². The highest BCUT2D eigenvalue weighted by Gasteiger charge is 2.37. The number of benzene rings is 2. The summed E-state index contributed by atoms with van der Waals surface area (Å²) in [5, 5.41) is 5.96. The van der Waals surface area contributed by atoms with Crippen LogP contribution in [0.3, 0.4) is 0 Å². The number of carbonyl (C=O) groups is 4. The van der Waals surface area contributed by atoms with E-state index in [1.54, 1.807) is 73.9 Å². The maximum atomic E-state index is 13.2. The largest absolute Gasteiger partial charge is 0.459 e. The number of rotatable bonds is 10. The van der Waals surface area contributed by atoms with Crippen LogP contribution in [-0.4, -0.2) is 64.1 Å². The molecule has 3 aromatic rings. The molecule has 2 heterocycles. The second-order valence-electron chi connectivity index (χ2n) is 9.16. The Hall–Kier alpha value is -3.80. The number of ether oxygens (including phenoxy) is 2. The van der Waals surface area contributed by atoms with Crippen LogP contribution in [0.4, 0.5) is 10.5 Å². The third-order valence-corrected chi connectivity index (χ3v) is 7.90. The highest BCUT2D eigenvalue weighted by molar-refractivity contribution is 7.99. The van der Waals surface area contributed by atoms with Crippen molar-refractivity contribution in [2.24, 2.45) is 0 Å². The Morgan fingerprint density at radius 3 is 2.36 bits per heavy atom. The summed E-state index contributed by atoms with van der Waals surface area (Å²) in [4.78, 5) is 56.8. The molecule has 3 amide bonds. The van der Waals surface area contributed by atoms with Crippen molar-refractivity contribution in [2.45, 2.75) is 32.0 Å². The maximum absolute atomic E-state index is 13.2. The number of pyridine rings is 1. The lowest BCUT2D eigenvalue weighted by molar-refractivity contribution is -0.149. The van der Waals surface area contributed by atoms with E-state index in [1.165, 1.54) is 16.7 Å². The lowest BCUT2D eigenvalue weighted by atomic mass is 10.0. The zero-order chi connectivity index (χ0) is 30.1. The van der Waals surface area contributed by atoms with E-state index in [2.05, 4.69) is 15.6 Å². The molecule has 13 heteroatoms. The van der Waals surface area contributed by atoms with Crippen molar-refractivity contribution in [2.75, 3.05) is 23.6 Å². The van der Waals surface area contributed by atoms with Crippen LogP contribution in [-0.2, 0) is 32.1 Å². The standard InChI is InChI=1S/C29H28Cl2N4O6S/c1-2-40-29(39)35-17-42-16-24(35)26(36)34-23(28(38)41-15-19-10-12-32-13-11-19)14-18-6-8-20(9-7-18)33-27(37)25-21(30)4-3-5-22(25)31/h3-13,23-24H,2,14-17H2,1H3,(H,33,37)(H,34,36)/t23-,24-/m0/s1. The number of hydrogen-bond donors (Lipinski definition) is 2. The molecule has 2 aromatic carbocycles. The summed E-state index contributed by atoms with van der Waals surface area (Å²) in [6.07, 6.45) is 2.69. The fourth-order valence-electron chi connectivity index (χ4n) is 4.11. The van der Waals surface area contributed by atoms with Gasteiger partial charge in [0.05, 0.1) is 28.1 Å². The highest BCUT2D eigenvalue weighted by atomic mass is 35.5. The fourth-order valence-corrected chi connectivity index (χ4v) is 5.82. The zero-order valence-corrected chi connectivity index (χ0v) is 24.9. The molecule has 0 saturated carbocycles. The van der Waals surface area contributed by atoms with Gasteiger partial charge in [-0.2, -0.15) is 0 Å². The van der Waals surface area contributed by atoms with Crippen molar-refractivity contribution < 1.29 is 28.7 Å². The summed E-state index contributed by atoms with van der Waals surface area (Å²) in [6.45, 7) is 1.87. The summed E-state index contributed by atoms with van der Waals surface area (Å²) in [6, 6.07) is 13.2. The highest BCUT2D eigenvalue weighted by Crippen LogP contribution is 2.26. The Labute approximate surface area is 257 Å². The zero-order valence-electron chi connectivity index (χ0n) is 22.5. The summed E-state index contributed by atoms with van der Waals surface area (Å²) in [5.74, 6) is -0.920. The van der Waals surface area contributed by atoms with Crippen LogP contribution in [0.5, 0.6) is 0 Å². The minimum Gasteiger partial charge on any atom is -0.459 e. The minimum atomic E-state index is -1.05. The molecule has 1 aliphatic rings. The van der Waals surface area contributed by atoms with E-state index >= 15 is 0 Å². The molecule has 1 fully saturated rings. The van der Waals surface area contributed by atoms with Crippen molar-refractivity contribution in [3.05, 3.63) is 93.7 Å². The van der Waals surface area contributed by atoms with E-state index in [0.29, 0.717) is 22.9 Å². The van der Waals surface area contributed by atoms with Gasteiger partial charge in [0.1, 0.15) is 18.7 Å². The smallest absolute Gasteiger partial charge is 0.411 e. The number of aromatic nitrogens is 1. The number of halogens is 2. The third kappa shape index (κ3) is 8.15. The first-order valence-electron chi connectivity index (χ1n) is 13.0. The second-order valence-corrected chi connectivity index (χ2v) is 11.0. The van der Waals surface area contributed by atoms with Gasteiger partial charge >= 0.3 is 12.1 Å². The van der Waals surface area contributed by atoms with Crippen LogP contribution in [0.2, 0.25) is 10.0 Å². The molecule has 10 nitrogen and oxygen atoms in total. The molecule has 2 N–H and O–H groups in total. The van der Waals surface area contributed by atoms with Gasteiger partial charge in [0, 0.05) is 30.3 Å². The maximum Gasteiger partial charge on any atom is 0.411 e. The van der Waals surface area contributed by atoms with Crippen molar-refractivity contribution in [1.29, 1.82) is 0 Å². The van der Waals surface area contributed by atoms with Crippen molar-refractivity contribution in [1.82, 2.24) is 15.2 Å². The Morgan fingerprint density at radius 1 is 1.00 bits per heavy atom. The van der Waals surface area contributed by atoms with Crippen molar-refractivity contribution >= 4 is 64.5 Å². The summed E-state index contributed by atoms with van der Waals surface area (Å²) in [5.41, 5.74) is 2.07. The van der Waals surface area contributed by atoms with Gasteiger partial charge in [-0.25, -0.2) is 9.59 Å². The van der Waals surface area contributed by atoms with Crippen molar-refractivity contribution in [3.8, 4) is 0 Å². The summed E-state index contributed by atoms with van der Waals surface area (Å²) < 4.78 is 10.6. The number of nitrogens with zero attached hydrogens (tertiary/aromatic N) is 2. The monoisotopic (exact) mass is 630 g/mol. The van der Waals surface area contributed by atoms with E-state index in [-0.39, 0.29) is 35.2 Å². The van der Waals surface area contributed by atoms with Gasteiger partial charge in [0.15, 0.2) is 0 Å². The molecule has 2 atom stereocenters. The van der Waals surface area contributed by atoms with Gasteiger partial charge in [0.25, 0.3) is 5.91 Å². The number of nitrogens with one attached hydrogen (secondary N) is 2. The predicted octanol–water partition coefficient (Wildman–Crippen LogP) is 4.94. The molecule has 1 saturated heterocycles. The number of amides is 3. The van der Waals surface area contributed by atoms with E-state index in [0.717, 1.165) is 5.56 Å². The molecule has 220 valence electrons. The first-order chi connectivity index (χ1) is 20.3. The molecule has 1 aliphatic heterocycles. The number of carbonyl (C=O) groups excluding carboxylic acids is 4. The van der Waals surface area contributed by atoms with Crippen LogP contribution in [0.1, 0.15) is 28.4 Å². The summed E-state index contributed by atoms with van der Waals surface area (Å²) >= 11 is 13.7. The average molecular weight is 632 g/mol. The first-order valence-corrected chi connectivity index (χ1v) is 14.9. The van der Waals surface area contributed by atoms with Gasteiger partial charge in [-0.15, -0.1) is 11.8 Å². The van der Waals surface area contributed by atoms with Crippen LogP contribution >= 0.6 is 35.0 Å². The molecular weight excluding hydrogens is 603 g/mol. The van der Waals surface area contributed by atoms with E-state index in [4.69, 9.17) is 32.7 Å². The van der Waals surface area contributed by atoms with E-state index < -0.39 is 36.0 Å². The Bertz CT molecular complexity index is 1410. The van der Waals surface area contributed by atoms with Gasteiger partial charge in [-0.05, 0) is 54.4 Å². The Balaban J connectivity index is 1.46. The third-order valence-electron chi connectivity index (χ3n) is 6.26. The predicted molar refractivity (Wildman–Crippen MR) is 160 cm³/mol. The SMILES string of the molecule is CCOC(=O)N1CSC[C@H]1C(=O)N[C@@H](Cc1ccc(NC(=O)c2c(Cl)cccc2Cl)cc1)C(=O)OCc1ccncc1. The average Bonchev–Trinajstić information content (AvgIpc) is 3.48. The number of hydrogen-bond acceptors (Lipinski definition) is 8. The van der Waals surface area contributed by atoms with Crippen LogP contribution < -0.4 is 10.6 Å². The summed E-state index contributed by atoms with van der Waals surface area (Å²) in [7, 11) is 0. The molecule has 42 heavy (non-hydrogen) atoms. The van der Waals surface area contributed by atoms with Crippen LogP contribution in [0, 0.1) is 0 Å². The lowest BCUT2D eigenvalue weighted by Crippen LogP contribution is -2.52.